The van der Waals surface area contributed by atoms with E-state index in [0.29, 0.717) is 6.29 Å². The van der Waals surface area contributed by atoms with E-state index < -0.39 is 31.5 Å². The highest BCUT2D eigenvalue weighted by Gasteiger charge is 2.40. The molecule has 1 aliphatic heterocycles. The molecule has 2 heterocycles. The summed E-state index contributed by atoms with van der Waals surface area (Å²) >= 11 is 3.33. The highest BCUT2D eigenvalue weighted by molar-refractivity contribution is 9.10. The second-order valence-electron chi connectivity index (χ2n) is 8.41. The number of rotatable bonds is 13. The molecule has 36 heavy (non-hydrogen) atoms. The number of hydrogen-bond acceptors (Lipinski definition) is 10. The highest BCUT2D eigenvalue weighted by atomic mass is 79.9. The third-order valence-corrected chi connectivity index (χ3v) is 7.46. The summed E-state index contributed by atoms with van der Waals surface area (Å²) in [6, 6.07) is 8.05. The smallest absolute Gasteiger partial charge is 0.413 e. The molecule has 1 aromatic carbocycles. The summed E-state index contributed by atoms with van der Waals surface area (Å²) in [5, 5.41) is 2.70. The first kappa shape index (κ1) is 28.5. The van der Waals surface area contributed by atoms with Gasteiger partial charge in [-0.2, -0.15) is 10.1 Å². The second-order valence-corrected chi connectivity index (χ2v) is 11.0. The molecular formula is C22H30BrN4O8P. The van der Waals surface area contributed by atoms with Crippen LogP contribution in [-0.2, 0) is 28.1 Å². The molecule has 3 rings (SSSR count). The van der Waals surface area contributed by atoms with Crippen molar-refractivity contribution in [1.82, 2.24) is 14.6 Å². The fraction of sp³-hybridized carbons (Fsp3) is 0.500. The monoisotopic (exact) mass is 588 g/mol. The van der Waals surface area contributed by atoms with E-state index in [1.165, 1.54) is 23.8 Å². The van der Waals surface area contributed by atoms with E-state index in [9.17, 15) is 14.2 Å². The van der Waals surface area contributed by atoms with Crippen LogP contribution in [0.25, 0.3) is 0 Å². The van der Waals surface area contributed by atoms with Gasteiger partial charge in [-0.3, -0.25) is 9.09 Å². The largest absolute Gasteiger partial charge is 0.459 e. The zero-order valence-electron chi connectivity index (χ0n) is 20.2. The van der Waals surface area contributed by atoms with Gasteiger partial charge < -0.3 is 29.3 Å². The van der Waals surface area contributed by atoms with Gasteiger partial charge in [0.15, 0.2) is 12.5 Å². The van der Waals surface area contributed by atoms with Crippen molar-refractivity contribution in [2.45, 2.75) is 51.4 Å². The number of aromatic nitrogens is 2. The number of nitrogens with two attached hydrogens (primary N) is 1. The Hall–Kier alpha value is -2.12. The normalized spacial score (nSPS) is 21.9. The van der Waals surface area contributed by atoms with Gasteiger partial charge in [0, 0.05) is 10.7 Å². The Morgan fingerprint density at radius 1 is 1.39 bits per heavy atom. The summed E-state index contributed by atoms with van der Waals surface area (Å²) in [6.07, 6.45) is 0.919. The van der Waals surface area contributed by atoms with Gasteiger partial charge in [-0.1, -0.05) is 22.9 Å². The summed E-state index contributed by atoms with van der Waals surface area (Å²) in [5.74, 6) is 0.332. The quantitative estimate of drug-likeness (QED) is 0.262. The lowest BCUT2D eigenvalue weighted by Gasteiger charge is -2.30. The minimum absolute atomic E-state index is 0.0274. The van der Waals surface area contributed by atoms with Crippen molar-refractivity contribution in [2.75, 3.05) is 25.6 Å². The molecule has 12 nitrogen and oxygen atoms in total. The molecule has 0 radical (unpaired) electrons. The van der Waals surface area contributed by atoms with Crippen LogP contribution in [0.1, 0.15) is 33.4 Å². The number of nitrogen functional groups attached to an aromatic ring is 1. The molecule has 5 atom stereocenters. The third kappa shape index (κ3) is 7.94. The molecule has 0 saturated carbocycles. The zero-order chi connectivity index (χ0) is 26.3. The number of carbonyl (C=O) groups is 1. The number of halogens is 1. The number of nitrogens with zero attached hydrogens (tertiary/aromatic N) is 2. The number of ether oxygens (including phenoxy) is 3. The maximum absolute atomic E-state index is 13.8. The number of nitrogens with one attached hydrogen (secondary N) is 1. The van der Waals surface area contributed by atoms with Crippen LogP contribution in [0.5, 0.6) is 5.75 Å². The van der Waals surface area contributed by atoms with E-state index in [0.717, 1.165) is 10.9 Å². The van der Waals surface area contributed by atoms with E-state index in [-0.39, 0.29) is 37.5 Å². The first-order valence-corrected chi connectivity index (χ1v) is 13.6. The predicted molar refractivity (Wildman–Crippen MR) is 134 cm³/mol. The van der Waals surface area contributed by atoms with Gasteiger partial charge in [0.05, 0.1) is 19.3 Å². The summed E-state index contributed by atoms with van der Waals surface area (Å²) in [5.41, 5.74) is 3.55. The van der Waals surface area contributed by atoms with Crippen LogP contribution in [0, 0.1) is 0 Å². The number of carbonyl (C=O) groups excluding carboxylic acids is 1. The van der Waals surface area contributed by atoms with Crippen LogP contribution in [-0.4, -0.2) is 53.6 Å². The Kier molecular flexibility index (Phi) is 9.81. The molecule has 198 valence electrons. The topological polar surface area (TPSA) is 153 Å². The molecule has 1 aliphatic rings. The van der Waals surface area contributed by atoms with Crippen molar-refractivity contribution in [1.29, 1.82) is 0 Å². The minimum Gasteiger partial charge on any atom is -0.413 e. The maximum Gasteiger partial charge on any atom is 0.459 e. The maximum atomic E-state index is 13.8. The Morgan fingerprint density at radius 3 is 2.75 bits per heavy atom. The fourth-order valence-electron chi connectivity index (χ4n) is 3.04. The van der Waals surface area contributed by atoms with Gasteiger partial charge in [-0.05, 0) is 50.6 Å². The van der Waals surface area contributed by atoms with Crippen LogP contribution in [0.3, 0.4) is 0 Å². The van der Waals surface area contributed by atoms with Crippen LogP contribution >= 0.6 is 23.7 Å². The Bertz CT molecular complexity index is 1130. The molecule has 14 heteroatoms. The number of hydrogen-bond donors (Lipinski definition) is 2. The minimum atomic E-state index is -4.16. The first-order valence-electron chi connectivity index (χ1n) is 11.2. The van der Waals surface area contributed by atoms with Crippen molar-refractivity contribution >= 4 is 35.8 Å². The number of anilines is 1. The summed E-state index contributed by atoms with van der Waals surface area (Å²) in [6.45, 7) is 4.99. The molecule has 2 aromatic rings. The van der Waals surface area contributed by atoms with Crippen molar-refractivity contribution in [3.63, 3.8) is 0 Å². The van der Waals surface area contributed by atoms with Gasteiger partial charge in [0.2, 0.25) is 0 Å². The molecule has 1 fully saturated rings. The van der Waals surface area contributed by atoms with Crippen molar-refractivity contribution < 1.29 is 32.6 Å². The van der Waals surface area contributed by atoms with Gasteiger partial charge >= 0.3 is 13.4 Å². The number of benzene rings is 1. The second kappa shape index (κ2) is 12.4. The van der Waals surface area contributed by atoms with Crippen molar-refractivity contribution in [3.05, 3.63) is 51.5 Å². The van der Waals surface area contributed by atoms with E-state index in [4.69, 9.17) is 29.0 Å². The summed E-state index contributed by atoms with van der Waals surface area (Å²) < 4.78 is 44.1. The Labute approximate surface area is 217 Å². The summed E-state index contributed by atoms with van der Waals surface area (Å²) in [4.78, 5) is 27.7. The Morgan fingerprint density at radius 2 is 2.11 bits per heavy atom. The molecule has 1 aromatic heterocycles. The molecule has 1 saturated heterocycles. The van der Waals surface area contributed by atoms with Crippen molar-refractivity contribution in [2.24, 2.45) is 0 Å². The lowest BCUT2D eigenvalue weighted by molar-refractivity contribution is -0.115. The molecule has 0 bridgehead atoms. The van der Waals surface area contributed by atoms with Gasteiger partial charge in [-0.25, -0.2) is 9.36 Å². The molecule has 0 amide bonds. The van der Waals surface area contributed by atoms with Crippen LogP contribution in [0.4, 0.5) is 5.82 Å². The molecule has 1 unspecified atom stereocenters. The van der Waals surface area contributed by atoms with Crippen LogP contribution in [0.2, 0.25) is 0 Å². The lowest BCUT2D eigenvalue weighted by Crippen LogP contribution is -2.48. The average Bonchev–Trinajstić information content (AvgIpc) is 3.31. The molecular weight excluding hydrogens is 559 g/mol. The third-order valence-electron chi connectivity index (χ3n) is 5.21. The number of aldehydes is 1. The lowest BCUT2D eigenvalue weighted by atomic mass is 10.1. The average molecular weight is 589 g/mol. The van der Waals surface area contributed by atoms with Gasteiger partial charge in [0.1, 0.15) is 30.0 Å². The summed E-state index contributed by atoms with van der Waals surface area (Å²) in [7, 11) is -4.16. The molecule has 0 spiro atoms. The first-order chi connectivity index (χ1) is 17.0. The van der Waals surface area contributed by atoms with Gasteiger partial charge in [-0.15, -0.1) is 0 Å². The highest BCUT2D eigenvalue weighted by Crippen LogP contribution is 2.47. The SMILES string of the molecule is CC[C@@H](C)OC[C@@](C)(C=O)NP(=O)(OC[C@H]1OC[C@@H](n2ccc(N)nc2=O)O1)Oc1ccc(Br)cc1. The van der Waals surface area contributed by atoms with Crippen molar-refractivity contribution in [3.8, 4) is 5.75 Å². The van der Waals surface area contributed by atoms with E-state index >= 15 is 0 Å². The fourth-order valence-corrected chi connectivity index (χ4v) is 4.92. The van der Waals surface area contributed by atoms with E-state index in [1.54, 1.807) is 24.3 Å². The molecule has 0 aliphatic carbocycles. The van der Waals surface area contributed by atoms with Crippen LogP contribution in [0.15, 0.2) is 45.8 Å². The van der Waals surface area contributed by atoms with Gasteiger partial charge in [0.25, 0.3) is 0 Å². The van der Waals surface area contributed by atoms with E-state index in [1.807, 2.05) is 13.8 Å². The van der Waals surface area contributed by atoms with E-state index in [2.05, 4.69) is 26.0 Å². The molecule has 3 N–H and O–H groups in total. The zero-order valence-corrected chi connectivity index (χ0v) is 22.6. The standard InChI is InChI=1S/C22H30BrN4O8P/c1-4-15(2)32-14-22(3,13-28)26-36(30,35-17-7-5-16(23)6-8-17)33-12-20-31-11-19(34-20)27-10-9-18(24)25-21(27)29/h5-10,13,15,19-20H,4,11-12,14H2,1-3H3,(H,26,30)(H2,24,25,29)/t15-,19+,20+,22-,36?/m1/s1. The predicted octanol–water partition coefficient (Wildman–Crippen LogP) is 3.03. The van der Waals surface area contributed by atoms with Crippen LogP contribution < -0.4 is 21.0 Å². The Balaban J connectivity index is 1.72.